The van der Waals surface area contributed by atoms with Crippen LogP contribution >= 0.6 is 0 Å². The smallest absolute Gasteiger partial charge is 0.340 e. The second kappa shape index (κ2) is 8.22. The normalized spacial score (nSPS) is 14.6. The maximum absolute atomic E-state index is 13.4. The number of imidazole rings is 2. The molecule has 164 valence electrons. The molecule has 0 saturated carbocycles. The summed E-state index contributed by atoms with van der Waals surface area (Å²) < 4.78 is 21.3. The second-order valence-electron chi connectivity index (χ2n) is 7.47. The van der Waals surface area contributed by atoms with Gasteiger partial charge in [-0.1, -0.05) is 30.3 Å². The molecule has 8 nitrogen and oxygen atoms in total. The Balaban J connectivity index is 1.84. The third kappa shape index (κ3) is 3.03. The summed E-state index contributed by atoms with van der Waals surface area (Å²) in [5.41, 5.74) is -0.0377. The number of ether oxygens (including phenoxy) is 3. The molecule has 0 unspecified atom stereocenters. The van der Waals surface area contributed by atoms with E-state index in [0.717, 1.165) is 16.3 Å². The van der Waals surface area contributed by atoms with Crippen LogP contribution in [-0.2, 0) is 33.3 Å². The topological polar surface area (TPSA) is 80.4 Å². The van der Waals surface area contributed by atoms with Gasteiger partial charge in [-0.05, 0) is 25.3 Å². The third-order valence-electron chi connectivity index (χ3n) is 5.68. The minimum atomic E-state index is -1.37. The van der Waals surface area contributed by atoms with Crippen LogP contribution in [0.3, 0.4) is 0 Å². The molecule has 0 saturated heterocycles. The van der Waals surface area contributed by atoms with Gasteiger partial charge in [0, 0.05) is 49.0 Å². The van der Waals surface area contributed by atoms with Gasteiger partial charge in [-0.3, -0.25) is 0 Å². The number of rotatable bonds is 8. The first kappa shape index (κ1) is 20.4. The number of aromatic nitrogens is 4. The summed E-state index contributed by atoms with van der Waals surface area (Å²) in [6, 6.07) is 11.6. The van der Waals surface area contributed by atoms with Crippen LogP contribution < -0.4 is 0 Å². The van der Waals surface area contributed by atoms with E-state index in [2.05, 4.69) is 9.97 Å². The van der Waals surface area contributed by atoms with Gasteiger partial charge in [0.05, 0.1) is 5.56 Å². The van der Waals surface area contributed by atoms with Gasteiger partial charge >= 0.3 is 5.97 Å². The number of benzene rings is 2. The van der Waals surface area contributed by atoms with Crippen molar-refractivity contribution in [3.63, 3.8) is 0 Å². The molecule has 2 aromatic carbocycles. The zero-order valence-corrected chi connectivity index (χ0v) is 18.0. The molecule has 0 spiro atoms. The minimum absolute atomic E-state index is 0.273. The molecule has 32 heavy (non-hydrogen) atoms. The Morgan fingerprint density at radius 1 is 0.906 bits per heavy atom. The lowest BCUT2D eigenvalue weighted by atomic mass is 9.83. The van der Waals surface area contributed by atoms with Crippen LogP contribution in [0.25, 0.3) is 10.8 Å². The first-order valence-corrected chi connectivity index (χ1v) is 10.6. The van der Waals surface area contributed by atoms with Crippen molar-refractivity contribution in [2.45, 2.75) is 32.9 Å². The standard InChI is InChI=1S/C24H24N4O4/c1-3-30-15-27-13-11-25-22(27)24(23-26-12-14-28(23)16-31-4-2)19-10-6-8-17-7-5-9-18(20(17)19)21(29)32-24/h5-14H,3-4,15-16H2,1-2H3. The number of nitrogens with zero attached hydrogens (tertiary/aromatic N) is 4. The van der Waals surface area contributed by atoms with Crippen LogP contribution in [0.2, 0.25) is 0 Å². The number of cyclic esters (lactones) is 1. The van der Waals surface area contributed by atoms with Gasteiger partial charge in [-0.25, -0.2) is 14.8 Å². The second-order valence-corrected chi connectivity index (χ2v) is 7.47. The quantitative estimate of drug-likeness (QED) is 0.395. The summed E-state index contributed by atoms with van der Waals surface area (Å²) in [4.78, 5) is 22.7. The van der Waals surface area contributed by atoms with E-state index in [9.17, 15) is 4.79 Å². The largest absolute Gasteiger partial charge is 0.434 e. The van der Waals surface area contributed by atoms with Crippen LogP contribution in [0.15, 0.2) is 61.2 Å². The van der Waals surface area contributed by atoms with E-state index in [1.165, 1.54) is 0 Å². The maximum Gasteiger partial charge on any atom is 0.340 e. The Morgan fingerprint density at radius 3 is 2.09 bits per heavy atom. The van der Waals surface area contributed by atoms with E-state index in [4.69, 9.17) is 14.2 Å². The van der Waals surface area contributed by atoms with Crippen molar-refractivity contribution >= 4 is 16.7 Å². The summed E-state index contributed by atoms with van der Waals surface area (Å²) in [6.45, 7) is 5.49. The zero-order chi connectivity index (χ0) is 22.1. The van der Waals surface area contributed by atoms with Gasteiger partial charge in [0.25, 0.3) is 5.60 Å². The summed E-state index contributed by atoms with van der Waals surface area (Å²) >= 11 is 0. The number of hydrogen-bond donors (Lipinski definition) is 0. The van der Waals surface area contributed by atoms with Gasteiger partial charge in [0.15, 0.2) is 11.6 Å². The lowest BCUT2D eigenvalue weighted by Crippen LogP contribution is -2.43. The Bertz CT molecular complexity index is 1220. The van der Waals surface area contributed by atoms with Gasteiger partial charge in [0.2, 0.25) is 0 Å². The van der Waals surface area contributed by atoms with E-state index in [0.29, 0.717) is 30.4 Å². The predicted octanol–water partition coefficient (Wildman–Crippen LogP) is 3.68. The Kier molecular flexibility index (Phi) is 5.24. The number of carbonyl (C=O) groups excluding carboxylic acids is 1. The highest BCUT2D eigenvalue weighted by atomic mass is 16.6. The summed E-state index contributed by atoms with van der Waals surface area (Å²) in [5, 5.41) is 1.79. The van der Waals surface area contributed by atoms with Crippen LogP contribution in [0.5, 0.6) is 0 Å². The SMILES string of the molecule is CCOCn1ccnc1C1(c2nccn2COCC)OC(=O)c2cccc3cccc1c23. The summed E-state index contributed by atoms with van der Waals surface area (Å²) in [5.74, 6) is 0.613. The van der Waals surface area contributed by atoms with Crippen molar-refractivity contribution in [1.29, 1.82) is 0 Å². The molecule has 8 heteroatoms. The Labute approximate surface area is 185 Å². The van der Waals surface area contributed by atoms with Crippen molar-refractivity contribution in [2.24, 2.45) is 0 Å². The predicted molar refractivity (Wildman–Crippen MR) is 117 cm³/mol. The third-order valence-corrected chi connectivity index (χ3v) is 5.68. The molecule has 0 atom stereocenters. The fourth-order valence-corrected chi connectivity index (χ4v) is 4.32. The molecule has 1 aliphatic rings. The van der Waals surface area contributed by atoms with Crippen LogP contribution in [0.4, 0.5) is 0 Å². The van der Waals surface area contributed by atoms with Crippen LogP contribution in [0.1, 0.15) is 41.4 Å². The minimum Gasteiger partial charge on any atom is -0.434 e. The number of hydrogen-bond acceptors (Lipinski definition) is 6. The summed E-state index contributed by atoms with van der Waals surface area (Å²) in [6.07, 6.45) is 6.99. The Morgan fingerprint density at radius 2 is 1.50 bits per heavy atom. The van der Waals surface area contributed by atoms with Gasteiger partial charge in [0.1, 0.15) is 13.5 Å². The first-order chi connectivity index (χ1) is 15.7. The molecule has 0 N–H and O–H groups in total. The molecule has 3 heterocycles. The molecular weight excluding hydrogens is 408 g/mol. The van der Waals surface area contributed by atoms with Crippen LogP contribution in [-0.4, -0.2) is 38.3 Å². The van der Waals surface area contributed by atoms with E-state index in [1.807, 2.05) is 65.7 Å². The highest BCUT2D eigenvalue weighted by molar-refractivity contribution is 6.08. The fraction of sp³-hybridized carbons (Fsp3) is 0.292. The summed E-state index contributed by atoms with van der Waals surface area (Å²) in [7, 11) is 0. The van der Waals surface area contributed by atoms with Crippen molar-refractivity contribution in [3.8, 4) is 0 Å². The van der Waals surface area contributed by atoms with Gasteiger partial charge in [-0.15, -0.1) is 0 Å². The molecule has 1 aliphatic heterocycles. The zero-order valence-electron chi connectivity index (χ0n) is 18.0. The van der Waals surface area contributed by atoms with E-state index in [-0.39, 0.29) is 13.5 Å². The average molecular weight is 432 g/mol. The highest BCUT2D eigenvalue weighted by Crippen LogP contribution is 2.46. The van der Waals surface area contributed by atoms with Crippen molar-refractivity contribution < 1.29 is 19.0 Å². The monoisotopic (exact) mass is 432 g/mol. The van der Waals surface area contributed by atoms with Gasteiger partial charge in [-0.2, -0.15) is 0 Å². The number of esters is 1. The van der Waals surface area contributed by atoms with Crippen LogP contribution in [0, 0.1) is 0 Å². The molecule has 0 radical (unpaired) electrons. The molecule has 5 rings (SSSR count). The van der Waals surface area contributed by atoms with E-state index < -0.39 is 11.6 Å². The van der Waals surface area contributed by atoms with E-state index >= 15 is 0 Å². The molecule has 2 aromatic heterocycles. The van der Waals surface area contributed by atoms with Crippen molar-refractivity contribution in [3.05, 3.63) is 84.0 Å². The molecule has 0 amide bonds. The molecule has 0 bridgehead atoms. The molecule has 4 aromatic rings. The molecular formula is C24H24N4O4. The fourth-order valence-electron chi connectivity index (χ4n) is 4.32. The van der Waals surface area contributed by atoms with Gasteiger partial charge < -0.3 is 23.3 Å². The average Bonchev–Trinajstić information content (AvgIpc) is 3.49. The number of carbonyl (C=O) groups is 1. The lowest BCUT2D eigenvalue weighted by molar-refractivity contribution is -0.00407. The Hall–Kier alpha value is -3.49. The first-order valence-electron chi connectivity index (χ1n) is 10.6. The maximum atomic E-state index is 13.4. The molecule has 0 fully saturated rings. The highest BCUT2D eigenvalue weighted by Gasteiger charge is 2.52. The molecule has 0 aliphatic carbocycles. The van der Waals surface area contributed by atoms with Crippen molar-refractivity contribution in [2.75, 3.05) is 13.2 Å². The lowest BCUT2D eigenvalue weighted by Gasteiger charge is -2.37. The van der Waals surface area contributed by atoms with E-state index in [1.54, 1.807) is 18.5 Å². The van der Waals surface area contributed by atoms with Crippen molar-refractivity contribution in [1.82, 2.24) is 19.1 Å².